The number of amides is 1. The highest BCUT2D eigenvalue weighted by Crippen LogP contribution is 2.20. The van der Waals surface area contributed by atoms with Crippen LogP contribution in [0.15, 0.2) is 0 Å². The lowest BCUT2D eigenvalue weighted by Gasteiger charge is -2.21. The zero-order chi connectivity index (χ0) is 14.6. The van der Waals surface area contributed by atoms with Crippen molar-refractivity contribution in [1.82, 2.24) is 14.9 Å². The monoisotopic (exact) mass is 285 g/mol. The number of hydrogen-bond donors (Lipinski definition) is 1. The molecule has 0 spiro atoms. The summed E-state index contributed by atoms with van der Waals surface area (Å²) in [7, 11) is 1.33. The molecule has 1 rings (SSSR count). The van der Waals surface area contributed by atoms with Gasteiger partial charge in [-0.1, -0.05) is 18.3 Å². The lowest BCUT2D eigenvalue weighted by atomic mass is 9.94. The van der Waals surface area contributed by atoms with Crippen molar-refractivity contribution >= 4 is 23.4 Å². The third-order valence-corrected chi connectivity index (χ3v) is 3.44. The number of carbonyl (C=O) groups is 2. The molecule has 1 N–H and O–H groups in total. The van der Waals surface area contributed by atoms with Crippen LogP contribution in [0.25, 0.3) is 0 Å². The lowest BCUT2D eigenvalue weighted by Crippen LogP contribution is -2.39. The summed E-state index contributed by atoms with van der Waals surface area (Å²) >= 11 is 1.06. The fraction of sp³-hybridized carbons (Fsp3) is 0.667. The van der Waals surface area contributed by atoms with Crippen LogP contribution < -0.4 is 5.32 Å². The predicted molar refractivity (Wildman–Crippen MR) is 72.1 cm³/mol. The van der Waals surface area contributed by atoms with Crippen LogP contribution in [0.2, 0.25) is 0 Å². The fourth-order valence-electron chi connectivity index (χ4n) is 1.46. The molecule has 1 aromatic heterocycles. The Balaban J connectivity index is 2.71. The third-order valence-electron chi connectivity index (χ3n) is 2.70. The van der Waals surface area contributed by atoms with E-state index in [-0.39, 0.29) is 24.3 Å². The molecular formula is C12H19N3O3S. The quantitative estimate of drug-likeness (QED) is 0.831. The van der Waals surface area contributed by atoms with Gasteiger partial charge in [-0.05, 0) is 31.3 Å². The van der Waals surface area contributed by atoms with Crippen molar-refractivity contribution in [3.8, 4) is 0 Å². The number of aromatic nitrogens is 2. The first-order valence-corrected chi connectivity index (χ1v) is 6.75. The smallest absolute Gasteiger partial charge is 0.313 e. The summed E-state index contributed by atoms with van der Waals surface area (Å²) in [5, 5.41) is 6.68. The highest BCUT2D eigenvalue weighted by molar-refractivity contribution is 7.08. The van der Waals surface area contributed by atoms with E-state index >= 15 is 0 Å². The van der Waals surface area contributed by atoms with Gasteiger partial charge in [-0.25, -0.2) is 0 Å². The zero-order valence-electron chi connectivity index (χ0n) is 11.8. The second kappa shape index (κ2) is 6.10. The van der Waals surface area contributed by atoms with Gasteiger partial charge < -0.3 is 10.1 Å². The Morgan fingerprint density at radius 1 is 1.42 bits per heavy atom. The van der Waals surface area contributed by atoms with Gasteiger partial charge in [-0.2, -0.15) is 0 Å². The number of rotatable bonds is 5. The molecule has 0 unspecified atom stereocenters. The Morgan fingerprint density at radius 2 is 2.05 bits per heavy atom. The molecule has 7 heteroatoms. The van der Waals surface area contributed by atoms with Gasteiger partial charge in [0.25, 0.3) is 5.91 Å². The number of esters is 1. The molecule has 0 saturated heterocycles. The molecule has 0 aliphatic heterocycles. The minimum Gasteiger partial charge on any atom is -0.469 e. The molecule has 0 radical (unpaired) electrons. The number of hydrogen-bond acceptors (Lipinski definition) is 6. The van der Waals surface area contributed by atoms with Gasteiger partial charge in [-0.15, -0.1) is 5.10 Å². The first-order valence-electron chi connectivity index (χ1n) is 5.98. The van der Waals surface area contributed by atoms with E-state index in [1.54, 1.807) is 13.8 Å². The second-order valence-corrected chi connectivity index (χ2v) is 5.95. The standard InChI is InChI=1S/C12H19N3O3S/c1-7(2)8-9(19-15-14-8)10(16)13-6-12(3,4)11(17)18-5/h7H,6H2,1-5H3,(H,13,16). The van der Waals surface area contributed by atoms with Crippen molar-refractivity contribution < 1.29 is 14.3 Å². The highest BCUT2D eigenvalue weighted by Gasteiger charge is 2.30. The summed E-state index contributed by atoms with van der Waals surface area (Å²) in [6.45, 7) is 7.53. The summed E-state index contributed by atoms with van der Waals surface area (Å²) in [5.41, 5.74) is -0.0843. The molecule has 1 aromatic rings. The Kier molecular flexibility index (Phi) is 4.99. The van der Waals surface area contributed by atoms with E-state index in [4.69, 9.17) is 0 Å². The van der Waals surface area contributed by atoms with Crippen LogP contribution in [-0.4, -0.2) is 35.1 Å². The number of nitrogens with zero attached hydrogens (tertiary/aromatic N) is 2. The van der Waals surface area contributed by atoms with Crippen molar-refractivity contribution in [2.45, 2.75) is 33.6 Å². The molecule has 0 fully saturated rings. The molecule has 0 atom stereocenters. The lowest BCUT2D eigenvalue weighted by molar-refractivity contribution is -0.150. The van der Waals surface area contributed by atoms with Crippen molar-refractivity contribution in [2.24, 2.45) is 5.41 Å². The van der Waals surface area contributed by atoms with Crippen LogP contribution >= 0.6 is 11.5 Å². The average molecular weight is 285 g/mol. The van der Waals surface area contributed by atoms with Gasteiger partial charge in [0.2, 0.25) is 0 Å². The normalized spacial score (nSPS) is 11.5. The number of carbonyl (C=O) groups excluding carboxylic acids is 2. The number of methoxy groups -OCH3 is 1. The predicted octanol–water partition coefficient (Wildman–Crippen LogP) is 1.59. The Morgan fingerprint density at radius 3 is 2.58 bits per heavy atom. The van der Waals surface area contributed by atoms with Crippen molar-refractivity contribution in [3.05, 3.63) is 10.6 Å². The molecule has 106 valence electrons. The highest BCUT2D eigenvalue weighted by atomic mass is 32.1. The van der Waals surface area contributed by atoms with E-state index in [0.29, 0.717) is 10.6 Å². The zero-order valence-corrected chi connectivity index (χ0v) is 12.6. The van der Waals surface area contributed by atoms with E-state index in [9.17, 15) is 9.59 Å². The van der Waals surface area contributed by atoms with E-state index in [1.165, 1.54) is 7.11 Å². The van der Waals surface area contributed by atoms with E-state index < -0.39 is 5.41 Å². The molecule has 0 aromatic carbocycles. The third kappa shape index (κ3) is 3.73. The van der Waals surface area contributed by atoms with Gasteiger partial charge in [0.1, 0.15) is 4.88 Å². The summed E-state index contributed by atoms with van der Waals surface area (Å²) < 4.78 is 8.49. The molecular weight excluding hydrogens is 266 g/mol. The van der Waals surface area contributed by atoms with Crippen LogP contribution in [0, 0.1) is 5.41 Å². The molecule has 0 aliphatic rings. The molecule has 19 heavy (non-hydrogen) atoms. The summed E-state index contributed by atoms with van der Waals surface area (Å²) in [5.74, 6) is -0.483. The van der Waals surface area contributed by atoms with Crippen LogP contribution in [0.3, 0.4) is 0 Å². The largest absolute Gasteiger partial charge is 0.469 e. The molecule has 6 nitrogen and oxygen atoms in total. The van der Waals surface area contributed by atoms with Gasteiger partial charge >= 0.3 is 5.97 Å². The van der Waals surface area contributed by atoms with Crippen molar-refractivity contribution in [2.75, 3.05) is 13.7 Å². The summed E-state index contributed by atoms with van der Waals surface area (Å²) in [4.78, 5) is 24.1. The fourth-order valence-corrected chi connectivity index (χ4v) is 2.20. The number of nitrogens with one attached hydrogen (secondary N) is 1. The van der Waals surface area contributed by atoms with Crippen molar-refractivity contribution in [3.63, 3.8) is 0 Å². The maximum absolute atomic E-state index is 12.1. The van der Waals surface area contributed by atoms with Gasteiger partial charge in [0.15, 0.2) is 0 Å². The van der Waals surface area contributed by atoms with Crippen LogP contribution in [-0.2, 0) is 9.53 Å². The van der Waals surface area contributed by atoms with Crippen LogP contribution in [0.1, 0.15) is 49.0 Å². The first-order chi connectivity index (χ1) is 8.79. The average Bonchev–Trinajstić information content (AvgIpc) is 2.84. The first kappa shape index (κ1) is 15.6. The molecule has 0 bridgehead atoms. The van der Waals surface area contributed by atoms with Gasteiger partial charge in [0.05, 0.1) is 18.2 Å². The summed E-state index contributed by atoms with van der Waals surface area (Å²) in [6, 6.07) is 0. The van der Waals surface area contributed by atoms with E-state index in [2.05, 4.69) is 19.6 Å². The van der Waals surface area contributed by atoms with E-state index in [0.717, 1.165) is 11.5 Å². The van der Waals surface area contributed by atoms with E-state index in [1.807, 2.05) is 13.8 Å². The molecule has 0 aliphatic carbocycles. The SMILES string of the molecule is COC(=O)C(C)(C)CNC(=O)c1snnc1C(C)C. The minimum absolute atomic E-state index is 0.133. The second-order valence-electron chi connectivity index (χ2n) is 5.20. The molecule has 1 heterocycles. The van der Waals surface area contributed by atoms with Gasteiger partial charge in [-0.3, -0.25) is 9.59 Å². The Hall–Kier alpha value is -1.50. The topological polar surface area (TPSA) is 81.2 Å². The van der Waals surface area contributed by atoms with Crippen LogP contribution in [0.5, 0.6) is 0 Å². The minimum atomic E-state index is -0.763. The molecule has 1 amide bonds. The van der Waals surface area contributed by atoms with Crippen LogP contribution in [0.4, 0.5) is 0 Å². The maximum atomic E-state index is 12.1. The Bertz CT molecular complexity index is 469. The Labute approximate surface area is 116 Å². The number of ether oxygens (including phenoxy) is 1. The van der Waals surface area contributed by atoms with Crippen molar-refractivity contribution in [1.29, 1.82) is 0 Å². The molecule has 0 saturated carbocycles. The van der Waals surface area contributed by atoms with Gasteiger partial charge in [0, 0.05) is 6.54 Å². The maximum Gasteiger partial charge on any atom is 0.313 e. The summed E-state index contributed by atoms with van der Waals surface area (Å²) in [6.07, 6.45) is 0.